The summed E-state index contributed by atoms with van der Waals surface area (Å²) in [5.41, 5.74) is 0. The molecule has 0 heterocycles. The summed E-state index contributed by atoms with van der Waals surface area (Å²) >= 11 is 0. The van der Waals surface area contributed by atoms with Crippen LogP contribution in [-0.4, -0.2) is 37.2 Å². The second-order valence-corrected chi connectivity index (χ2v) is 18.1. The molecule has 0 rings (SSSR count). The molecule has 0 unspecified atom stereocenters. The van der Waals surface area contributed by atoms with Gasteiger partial charge in [-0.1, -0.05) is 214 Å². The van der Waals surface area contributed by atoms with Crippen LogP contribution in [-0.2, 0) is 28.6 Å². The van der Waals surface area contributed by atoms with Crippen molar-refractivity contribution in [3.8, 4) is 0 Å². The Labute approximate surface area is 413 Å². The number of allylic oxidation sites excluding steroid dienone is 16. The summed E-state index contributed by atoms with van der Waals surface area (Å²) in [5, 5.41) is 0. The quantitative estimate of drug-likeness (QED) is 0.0262. The summed E-state index contributed by atoms with van der Waals surface area (Å²) in [6.45, 7) is 6.49. The van der Waals surface area contributed by atoms with Gasteiger partial charge in [0, 0.05) is 19.3 Å². The van der Waals surface area contributed by atoms with Crippen molar-refractivity contribution in [3.63, 3.8) is 0 Å². The molecule has 6 heteroatoms. The third-order valence-corrected chi connectivity index (χ3v) is 11.5. The highest BCUT2D eigenvalue weighted by molar-refractivity contribution is 5.71. The lowest BCUT2D eigenvalue weighted by Gasteiger charge is -2.18. The number of carbonyl (C=O) groups excluding carboxylic acids is 3. The Morgan fingerprint density at radius 2 is 0.567 bits per heavy atom. The first-order chi connectivity index (χ1) is 33.0. The molecular formula is C61H102O6. The molecule has 1 atom stereocenters. The van der Waals surface area contributed by atoms with Gasteiger partial charge < -0.3 is 14.2 Å². The number of ether oxygens (including phenoxy) is 3. The molecule has 67 heavy (non-hydrogen) atoms. The van der Waals surface area contributed by atoms with Gasteiger partial charge in [-0.15, -0.1) is 0 Å². The van der Waals surface area contributed by atoms with Crippen molar-refractivity contribution < 1.29 is 28.6 Å². The van der Waals surface area contributed by atoms with E-state index in [1.165, 1.54) is 116 Å². The molecule has 0 amide bonds. The molecule has 0 aromatic rings. The van der Waals surface area contributed by atoms with Crippen molar-refractivity contribution in [1.82, 2.24) is 0 Å². The van der Waals surface area contributed by atoms with Gasteiger partial charge in [-0.05, 0) is 116 Å². The van der Waals surface area contributed by atoms with Crippen LogP contribution in [0.2, 0.25) is 0 Å². The van der Waals surface area contributed by atoms with E-state index in [2.05, 4.69) is 112 Å². The molecular weight excluding hydrogens is 829 g/mol. The predicted octanol–water partition coefficient (Wildman–Crippen LogP) is 18.5. The van der Waals surface area contributed by atoms with Crippen LogP contribution >= 0.6 is 0 Å². The van der Waals surface area contributed by atoms with Gasteiger partial charge >= 0.3 is 17.9 Å². The third-order valence-electron chi connectivity index (χ3n) is 11.5. The molecule has 382 valence electrons. The second kappa shape index (κ2) is 54.9. The maximum absolute atomic E-state index is 12.8. The highest BCUT2D eigenvalue weighted by Crippen LogP contribution is 2.13. The fourth-order valence-electron chi connectivity index (χ4n) is 7.33. The summed E-state index contributed by atoms with van der Waals surface area (Å²) in [4.78, 5) is 38.0. The highest BCUT2D eigenvalue weighted by atomic mass is 16.6. The monoisotopic (exact) mass is 931 g/mol. The Balaban J connectivity index is 4.51. The molecule has 0 saturated carbocycles. The van der Waals surface area contributed by atoms with Gasteiger partial charge in [0.15, 0.2) is 6.10 Å². The van der Waals surface area contributed by atoms with Gasteiger partial charge in [0.05, 0.1) is 0 Å². The molecule has 0 fully saturated rings. The predicted molar refractivity (Wildman–Crippen MR) is 288 cm³/mol. The fourth-order valence-corrected chi connectivity index (χ4v) is 7.33. The van der Waals surface area contributed by atoms with Crippen LogP contribution < -0.4 is 0 Å². The Hall–Kier alpha value is -3.67. The number of carbonyl (C=O) groups is 3. The van der Waals surface area contributed by atoms with E-state index in [9.17, 15) is 14.4 Å². The fraction of sp³-hybridized carbons (Fsp3) is 0.689. The topological polar surface area (TPSA) is 78.9 Å². The Morgan fingerprint density at radius 3 is 0.970 bits per heavy atom. The van der Waals surface area contributed by atoms with Crippen molar-refractivity contribution in [3.05, 3.63) is 97.2 Å². The van der Waals surface area contributed by atoms with Gasteiger partial charge in [0.2, 0.25) is 0 Å². The van der Waals surface area contributed by atoms with Crippen LogP contribution in [0.3, 0.4) is 0 Å². The zero-order valence-electron chi connectivity index (χ0n) is 43.6. The Bertz CT molecular complexity index is 1350. The van der Waals surface area contributed by atoms with Crippen molar-refractivity contribution in [2.24, 2.45) is 0 Å². The molecule has 0 N–H and O–H groups in total. The normalized spacial score (nSPS) is 12.8. The SMILES string of the molecule is CCCCC/C=C\C/C=C\C/C=C\C/C=C\C/C=C\CCC(=O)OC[C@H](COC(=O)CCCCCCCCC/C=C\C/C=C\CCCCC)OC(=O)CCCCCCC/C=C\CCCCCC. The first-order valence-corrected chi connectivity index (χ1v) is 27.7. The molecule has 0 radical (unpaired) electrons. The van der Waals surface area contributed by atoms with Crippen molar-refractivity contribution in [2.45, 2.75) is 258 Å². The lowest BCUT2D eigenvalue weighted by molar-refractivity contribution is -0.166. The van der Waals surface area contributed by atoms with Crippen LogP contribution in [0.25, 0.3) is 0 Å². The third kappa shape index (κ3) is 53.2. The number of unbranched alkanes of at least 4 members (excludes halogenated alkanes) is 22. The highest BCUT2D eigenvalue weighted by Gasteiger charge is 2.19. The largest absolute Gasteiger partial charge is 0.462 e. The summed E-state index contributed by atoms with van der Waals surface area (Å²) < 4.78 is 16.8. The standard InChI is InChI=1S/C61H102O6/c1-4-7-10-13-16-19-22-25-27-29-30-32-34-37-39-42-45-48-51-54-60(63)66-57-58(67-61(64)55-52-49-46-43-40-35-24-21-18-15-12-9-6-3)56-65-59(62)53-50-47-44-41-38-36-33-31-28-26-23-20-17-14-11-8-5-2/h16-17,19-21,24-28,30,32,37,39,45,48,58H,4-15,18,22-23,29,31,33-36,38,40-44,46-47,49-57H2,1-3H3/b19-16-,20-17-,24-21-,27-25-,28-26-,32-30-,39-37-,48-45-/t58-/m0/s1. The van der Waals surface area contributed by atoms with E-state index in [1.54, 1.807) is 0 Å². The van der Waals surface area contributed by atoms with E-state index >= 15 is 0 Å². The summed E-state index contributed by atoms with van der Waals surface area (Å²) in [6.07, 6.45) is 72.6. The first-order valence-electron chi connectivity index (χ1n) is 27.7. The number of hydrogen-bond donors (Lipinski definition) is 0. The van der Waals surface area contributed by atoms with Gasteiger partial charge in [-0.3, -0.25) is 14.4 Å². The first kappa shape index (κ1) is 63.3. The zero-order chi connectivity index (χ0) is 48.6. The van der Waals surface area contributed by atoms with E-state index in [-0.39, 0.29) is 37.5 Å². The summed E-state index contributed by atoms with van der Waals surface area (Å²) in [5.74, 6) is -1.01. The van der Waals surface area contributed by atoms with Gasteiger partial charge in [0.25, 0.3) is 0 Å². The minimum absolute atomic E-state index is 0.108. The molecule has 0 saturated heterocycles. The average molecular weight is 931 g/mol. The molecule has 0 bridgehead atoms. The van der Waals surface area contributed by atoms with E-state index in [0.717, 1.165) is 89.9 Å². The lowest BCUT2D eigenvalue weighted by Crippen LogP contribution is -2.30. The summed E-state index contributed by atoms with van der Waals surface area (Å²) in [7, 11) is 0. The molecule has 0 spiro atoms. The van der Waals surface area contributed by atoms with Gasteiger partial charge in [-0.2, -0.15) is 0 Å². The smallest absolute Gasteiger partial charge is 0.306 e. The number of hydrogen-bond acceptors (Lipinski definition) is 6. The maximum Gasteiger partial charge on any atom is 0.306 e. The van der Waals surface area contributed by atoms with E-state index < -0.39 is 6.10 Å². The van der Waals surface area contributed by atoms with E-state index in [0.29, 0.717) is 19.3 Å². The lowest BCUT2D eigenvalue weighted by atomic mass is 10.1. The number of rotatable bonds is 49. The number of esters is 3. The van der Waals surface area contributed by atoms with Crippen LogP contribution in [0.15, 0.2) is 97.2 Å². The Morgan fingerprint density at radius 1 is 0.299 bits per heavy atom. The van der Waals surface area contributed by atoms with E-state index in [4.69, 9.17) is 14.2 Å². The Kier molecular flexibility index (Phi) is 51.9. The van der Waals surface area contributed by atoms with Crippen molar-refractivity contribution in [2.75, 3.05) is 13.2 Å². The molecule has 0 aliphatic heterocycles. The minimum Gasteiger partial charge on any atom is -0.462 e. The van der Waals surface area contributed by atoms with Crippen LogP contribution in [0, 0.1) is 0 Å². The minimum atomic E-state index is -0.816. The molecule has 0 aliphatic rings. The van der Waals surface area contributed by atoms with Crippen molar-refractivity contribution in [1.29, 1.82) is 0 Å². The summed E-state index contributed by atoms with van der Waals surface area (Å²) in [6, 6.07) is 0. The van der Waals surface area contributed by atoms with Gasteiger partial charge in [0.1, 0.15) is 13.2 Å². The van der Waals surface area contributed by atoms with Crippen LogP contribution in [0.4, 0.5) is 0 Å². The maximum atomic E-state index is 12.8. The average Bonchev–Trinajstić information content (AvgIpc) is 3.33. The van der Waals surface area contributed by atoms with E-state index in [1.807, 2.05) is 6.08 Å². The van der Waals surface area contributed by atoms with Crippen molar-refractivity contribution >= 4 is 17.9 Å². The van der Waals surface area contributed by atoms with Gasteiger partial charge in [-0.25, -0.2) is 0 Å². The molecule has 0 aromatic heterocycles. The molecule has 0 aliphatic carbocycles. The zero-order valence-corrected chi connectivity index (χ0v) is 43.6. The van der Waals surface area contributed by atoms with Crippen LogP contribution in [0.5, 0.6) is 0 Å². The molecule has 0 aromatic carbocycles. The van der Waals surface area contributed by atoms with Crippen LogP contribution in [0.1, 0.15) is 252 Å². The molecule has 6 nitrogen and oxygen atoms in total. The second-order valence-electron chi connectivity index (χ2n) is 18.1.